The van der Waals surface area contributed by atoms with Gasteiger partial charge in [0.25, 0.3) is 0 Å². The van der Waals surface area contributed by atoms with Gasteiger partial charge in [-0.15, -0.1) is 0 Å². The zero-order valence-electron chi connectivity index (χ0n) is 23.6. The van der Waals surface area contributed by atoms with Crippen LogP contribution in [-0.4, -0.2) is 35.7 Å². The van der Waals surface area contributed by atoms with E-state index < -0.39 is 0 Å². The van der Waals surface area contributed by atoms with E-state index in [-0.39, 0.29) is 35.0 Å². The number of rotatable bonds is 10. The molecule has 0 N–H and O–H groups in total. The summed E-state index contributed by atoms with van der Waals surface area (Å²) in [5.41, 5.74) is 4.08. The molecule has 3 aliphatic rings. The molecule has 2 aliphatic heterocycles. The number of hydrogen-bond acceptors (Lipinski definition) is 2. The Bertz CT molecular complexity index is 987. The Labute approximate surface area is 241 Å². The van der Waals surface area contributed by atoms with Crippen LogP contribution in [0, 0.1) is 5.92 Å². The first-order chi connectivity index (χ1) is 18.1. The average molecular weight is 583 g/mol. The first-order valence-corrected chi connectivity index (χ1v) is 15.2. The van der Waals surface area contributed by atoms with E-state index >= 15 is 0 Å². The lowest BCUT2D eigenvalue weighted by Gasteiger charge is -2.47. The molecular weight excluding hydrogens is 534 g/mol. The number of carbonyl (C=O) groups is 1. The summed E-state index contributed by atoms with van der Waals surface area (Å²) in [6.07, 6.45) is 15.8. The Kier molecular flexibility index (Phi) is 10.5. The SMILES string of the molecule is CCCCCc1ccc(C[N+]2(C)[C@@H]3CC[C@H]2CC(OC(=O)C(c2ccccc2)C2CCCCC2)C3)cc1.[Br-]. The fourth-order valence-electron chi connectivity index (χ4n) is 7.80. The molecule has 38 heavy (non-hydrogen) atoms. The molecule has 2 aromatic carbocycles. The van der Waals surface area contributed by atoms with Crippen LogP contribution in [0.1, 0.15) is 107 Å². The van der Waals surface area contributed by atoms with Gasteiger partial charge in [0, 0.05) is 31.2 Å². The molecule has 4 heteroatoms. The summed E-state index contributed by atoms with van der Waals surface area (Å²) in [6, 6.07) is 21.1. The molecule has 2 bridgehead atoms. The minimum absolute atomic E-state index is 0. The van der Waals surface area contributed by atoms with Crippen LogP contribution in [0.2, 0.25) is 0 Å². The highest BCUT2D eigenvalue weighted by Crippen LogP contribution is 2.44. The van der Waals surface area contributed by atoms with Gasteiger partial charge < -0.3 is 26.2 Å². The third kappa shape index (κ3) is 6.73. The van der Waals surface area contributed by atoms with E-state index in [2.05, 4.69) is 62.5 Å². The Balaban J connectivity index is 0.00000336. The largest absolute Gasteiger partial charge is 1.00 e. The molecule has 3 fully saturated rings. The highest BCUT2D eigenvalue weighted by Gasteiger charge is 2.52. The summed E-state index contributed by atoms with van der Waals surface area (Å²) in [6.45, 7) is 3.37. The van der Waals surface area contributed by atoms with E-state index in [1.807, 2.05) is 6.07 Å². The van der Waals surface area contributed by atoms with Gasteiger partial charge >= 0.3 is 5.97 Å². The predicted octanol–water partition coefficient (Wildman–Crippen LogP) is 4.97. The minimum Gasteiger partial charge on any atom is -1.00 e. The zero-order valence-corrected chi connectivity index (χ0v) is 25.2. The number of esters is 1. The maximum atomic E-state index is 13.7. The Morgan fingerprint density at radius 3 is 2.13 bits per heavy atom. The number of hydrogen-bond donors (Lipinski definition) is 0. The molecule has 3 unspecified atom stereocenters. The van der Waals surface area contributed by atoms with Crippen molar-refractivity contribution in [2.75, 3.05) is 7.05 Å². The molecule has 0 spiro atoms. The van der Waals surface area contributed by atoms with Gasteiger partial charge in [-0.2, -0.15) is 0 Å². The third-order valence-corrected chi connectivity index (χ3v) is 10.0. The summed E-state index contributed by atoms with van der Waals surface area (Å²) in [7, 11) is 2.46. The molecule has 2 aromatic rings. The number of fused-ring (bicyclic) bond motifs is 2. The smallest absolute Gasteiger partial charge is 0.313 e. The molecule has 0 radical (unpaired) electrons. The molecule has 3 nitrogen and oxygen atoms in total. The van der Waals surface area contributed by atoms with E-state index in [1.54, 1.807) is 0 Å². The second kappa shape index (κ2) is 13.6. The lowest BCUT2D eigenvalue weighted by Crippen LogP contribution is -3.00. The number of piperidine rings is 1. The lowest BCUT2D eigenvalue weighted by atomic mass is 9.77. The van der Waals surface area contributed by atoms with Gasteiger partial charge in [-0.3, -0.25) is 4.79 Å². The Hall–Kier alpha value is -1.65. The topological polar surface area (TPSA) is 26.3 Å². The molecule has 1 aliphatic carbocycles. The first kappa shape index (κ1) is 29.3. The second-order valence-electron chi connectivity index (χ2n) is 12.5. The van der Waals surface area contributed by atoms with Gasteiger partial charge in [0.2, 0.25) is 0 Å². The highest BCUT2D eigenvalue weighted by atomic mass is 79.9. The Morgan fingerprint density at radius 2 is 1.50 bits per heavy atom. The van der Waals surface area contributed by atoms with Crippen LogP contribution in [0.4, 0.5) is 0 Å². The summed E-state index contributed by atoms with van der Waals surface area (Å²) >= 11 is 0. The van der Waals surface area contributed by atoms with Crippen molar-refractivity contribution >= 4 is 5.97 Å². The molecule has 0 aromatic heterocycles. The normalized spacial score (nSPS) is 27.9. The average Bonchev–Trinajstić information content (AvgIpc) is 3.06. The van der Waals surface area contributed by atoms with Crippen molar-refractivity contribution in [3.8, 4) is 0 Å². The second-order valence-corrected chi connectivity index (χ2v) is 12.5. The first-order valence-electron chi connectivity index (χ1n) is 15.2. The van der Waals surface area contributed by atoms with Crippen LogP contribution >= 0.6 is 0 Å². The fourth-order valence-corrected chi connectivity index (χ4v) is 7.80. The quantitative estimate of drug-likeness (QED) is 0.225. The van der Waals surface area contributed by atoms with Crippen molar-refractivity contribution < 1.29 is 31.0 Å². The van der Waals surface area contributed by atoms with Crippen molar-refractivity contribution in [3.05, 3.63) is 71.3 Å². The molecule has 5 atom stereocenters. The number of aryl methyl sites for hydroxylation is 1. The van der Waals surface area contributed by atoms with Gasteiger partial charge in [-0.25, -0.2) is 0 Å². The van der Waals surface area contributed by atoms with Crippen LogP contribution in [0.25, 0.3) is 0 Å². The van der Waals surface area contributed by atoms with Gasteiger partial charge in [-0.05, 0) is 42.7 Å². The number of halogens is 1. The maximum absolute atomic E-state index is 13.7. The number of ether oxygens (including phenoxy) is 1. The van der Waals surface area contributed by atoms with Crippen LogP contribution in [0.5, 0.6) is 0 Å². The zero-order chi connectivity index (χ0) is 25.7. The molecule has 5 rings (SSSR count). The summed E-state index contributed by atoms with van der Waals surface area (Å²) < 4.78 is 7.52. The highest BCUT2D eigenvalue weighted by molar-refractivity contribution is 5.78. The van der Waals surface area contributed by atoms with Crippen LogP contribution in [-0.2, 0) is 22.5 Å². The van der Waals surface area contributed by atoms with Crippen molar-refractivity contribution in [1.82, 2.24) is 0 Å². The fraction of sp³-hybridized carbons (Fsp3) is 0.618. The maximum Gasteiger partial charge on any atom is 0.313 e. The standard InChI is InChI=1S/C34H48NO2.BrH/c1-3-4-7-12-26-17-19-27(20-18-26)25-35(2)30-21-22-31(35)24-32(23-30)37-34(36)33(28-13-8-5-9-14-28)29-15-10-6-11-16-29;/h5,8-9,13-14,17-20,29-33H,3-4,6-7,10-12,15-16,21-25H2,1-2H3;1H/q+1;/p-1/t30-,31+,32?,33?,35?;. The minimum atomic E-state index is -0.0993. The van der Waals surface area contributed by atoms with Crippen molar-refractivity contribution in [1.29, 1.82) is 0 Å². The predicted molar refractivity (Wildman–Crippen MR) is 151 cm³/mol. The van der Waals surface area contributed by atoms with E-state index in [4.69, 9.17) is 4.74 Å². The van der Waals surface area contributed by atoms with E-state index in [1.165, 1.54) is 68.9 Å². The van der Waals surface area contributed by atoms with Crippen molar-refractivity contribution in [2.45, 2.75) is 121 Å². The molecule has 1 saturated carbocycles. The monoisotopic (exact) mass is 581 g/mol. The van der Waals surface area contributed by atoms with E-state index in [9.17, 15) is 4.79 Å². The molecule has 2 saturated heterocycles. The summed E-state index contributed by atoms with van der Waals surface area (Å²) in [4.78, 5) is 13.7. The number of benzene rings is 2. The van der Waals surface area contributed by atoms with Gasteiger partial charge in [-0.1, -0.05) is 93.6 Å². The van der Waals surface area contributed by atoms with E-state index in [0.29, 0.717) is 18.0 Å². The molecule has 2 heterocycles. The third-order valence-electron chi connectivity index (χ3n) is 10.0. The van der Waals surface area contributed by atoms with Gasteiger partial charge in [0.1, 0.15) is 12.6 Å². The molecule has 208 valence electrons. The Morgan fingerprint density at radius 1 is 0.868 bits per heavy atom. The molecular formula is C34H48BrNO2. The number of quaternary nitrogens is 1. The van der Waals surface area contributed by atoms with Gasteiger partial charge in [0.05, 0.1) is 25.0 Å². The summed E-state index contributed by atoms with van der Waals surface area (Å²) in [5.74, 6) is 0.366. The van der Waals surface area contributed by atoms with Crippen LogP contribution in [0.15, 0.2) is 54.6 Å². The van der Waals surface area contributed by atoms with Crippen molar-refractivity contribution in [2.24, 2.45) is 5.92 Å². The number of unbranched alkanes of at least 4 members (excludes halogenated alkanes) is 2. The van der Waals surface area contributed by atoms with Crippen LogP contribution < -0.4 is 17.0 Å². The van der Waals surface area contributed by atoms with E-state index in [0.717, 1.165) is 42.3 Å². The summed E-state index contributed by atoms with van der Waals surface area (Å²) in [5, 5.41) is 0. The van der Waals surface area contributed by atoms with Gasteiger partial charge in [0.15, 0.2) is 0 Å². The number of nitrogens with zero attached hydrogens (tertiary/aromatic N) is 1. The lowest BCUT2D eigenvalue weighted by molar-refractivity contribution is -0.961. The number of carbonyl (C=O) groups excluding carboxylic acids is 1. The van der Waals surface area contributed by atoms with Crippen LogP contribution in [0.3, 0.4) is 0 Å². The van der Waals surface area contributed by atoms with Crippen molar-refractivity contribution in [3.63, 3.8) is 0 Å². The molecule has 0 amide bonds.